The molecule has 53 heavy (non-hydrogen) atoms. The van der Waals surface area contributed by atoms with Crippen LogP contribution in [0.1, 0.15) is 0 Å². The highest BCUT2D eigenvalue weighted by molar-refractivity contribution is 6.32. The minimum absolute atomic E-state index is 0.854. The van der Waals surface area contributed by atoms with Crippen molar-refractivity contribution < 1.29 is 8.83 Å². The van der Waals surface area contributed by atoms with Gasteiger partial charge in [0.1, 0.15) is 22.3 Å². The van der Waals surface area contributed by atoms with Crippen LogP contribution in [-0.4, -0.2) is 0 Å². The van der Waals surface area contributed by atoms with E-state index >= 15 is 0 Å². The van der Waals surface area contributed by atoms with Gasteiger partial charge in [0, 0.05) is 49.9 Å². The van der Waals surface area contributed by atoms with Crippen LogP contribution in [0.3, 0.4) is 0 Å². The molecule has 3 heteroatoms. The van der Waals surface area contributed by atoms with E-state index in [9.17, 15) is 0 Å². The first kappa shape index (κ1) is 29.6. The summed E-state index contributed by atoms with van der Waals surface area (Å²) in [6.07, 6.45) is 0. The Morgan fingerprint density at radius 3 is 1.62 bits per heavy atom. The number of benzene rings is 9. The van der Waals surface area contributed by atoms with Crippen molar-refractivity contribution >= 4 is 82.5 Å². The van der Waals surface area contributed by atoms with Crippen LogP contribution in [0.25, 0.3) is 87.7 Å². The summed E-state index contributed by atoms with van der Waals surface area (Å²) in [6.45, 7) is 0. The van der Waals surface area contributed by atoms with E-state index in [2.05, 4.69) is 181 Å². The molecule has 0 aliphatic heterocycles. The van der Waals surface area contributed by atoms with Crippen molar-refractivity contribution in [3.05, 3.63) is 188 Å². The highest BCUT2D eigenvalue weighted by atomic mass is 16.3. The van der Waals surface area contributed by atoms with Gasteiger partial charge in [-0.3, -0.25) is 0 Å². The van der Waals surface area contributed by atoms with Crippen LogP contribution >= 0.6 is 0 Å². The van der Waals surface area contributed by atoms with E-state index in [0.29, 0.717) is 0 Å². The molecular formula is C50H31NO2. The van der Waals surface area contributed by atoms with Gasteiger partial charge in [-0.05, 0) is 69.2 Å². The first-order chi connectivity index (χ1) is 26.3. The third-order valence-corrected chi connectivity index (χ3v) is 10.6. The molecule has 0 unspecified atom stereocenters. The molecule has 9 aromatic carbocycles. The number of nitrogens with zero attached hydrogens (tertiary/aromatic N) is 1. The van der Waals surface area contributed by atoms with Gasteiger partial charge in [0.25, 0.3) is 0 Å². The van der Waals surface area contributed by atoms with E-state index in [0.717, 1.165) is 88.6 Å². The van der Waals surface area contributed by atoms with Crippen LogP contribution < -0.4 is 4.90 Å². The Bertz CT molecular complexity index is 3160. The monoisotopic (exact) mass is 677 g/mol. The Kier molecular flexibility index (Phi) is 6.55. The Morgan fingerprint density at radius 2 is 0.849 bits per heavy atom. The van der Waals surface area contributed by atoms with Crippen LogP contribution in [0.5, 0.6) is 0 Å². The van der Waals surface area contributed by atoms with Crippen LogP contribution in [0, 0.1) is 0 Å². The van der Waals surface area contributed by atoms with E-state index < -0.39 is 0 Å². The number of rotatable bonds is 5. The van der Waals surface area contributed by atoms with Crippen molar-refractivity contribution in [2.75, 3.05) is 4.90 Å². The van der Waals surface area contributed by atoms with Gasteiger partial charge >= 0.3 is 0 Å². The molecular weight excluding hydrogens is 647 g/mol. The van der Waals surface area contributed by atoms with Crippen molar-refractivity contribution in [3.8, 4) is 22.3 Å². The first-order valence-electron chi connectivity index (χ1n) is 18.0. The number of furan rings is 2. The van der Waals surface area contributed by atoms with Gasteiger partial charge < -0.3 is 13.7 Å². The van der Waals surface area contributed by atoms with Gasteiger partial charge in [-0.2, -0.15) is 0 Å². The van der Waals surface area contributed by atoms with Crippen molar-refractivity contribution in [2.24, 2.45) is 0 Å². The van der Waals surface area contributed by atoms with Crippen molar-refractivity contribution in [1.82, 2.24) is 0 Å². The quantitative estimate of drug-likeness (QED) is 0.170. The fraction of sp³-hybridized carbons (Fsp3) is 0. The summed E-state index contributed by atoms with van der Waals surface area (Å²) in [5, 5.41) is 9.27. The molecule has 2 heterocycles. The predicted octanol–water partition coefficient (Wildman–Crippen LogP) is 14.6. The Hall–Kier alpha value is -7.10. The van der Waals surface area contributed by atoms with E-state index in [1.807, 2.05) is 12.1 Å². The van der Waals surface area contributed by atoms with Gasteiger partial charge in [0.05, 0.1) is 5.69 Å². The zero-order chi connectivity index (χ0) is 34.9. The molecule has 2 aromatic heterocycles. The summed E-state index contributed by atoms with van der Waals surface area (Å²) in [4.78, 5) is 2.32. The summed E-state index contributed by atoms with van der Waals surface area (Å²) >= 11 is 0. The van der Waals surface area contributed by atoms with Crippen molar-refractivity contribution in [1.29, 1.82) is 0 Å². The van der Waals surface area contributed by atoms with Gasteiger partial charge in [0.2, 0.25) is 0 Å². The number of fused-ring (bicyclic) bond motifs is 11. The lowest BCUT2D eigenvalue weighted by atomic mass is 9.93. The molecule has 0 spiro atoms. The average molecular weight is 678 g/mol. The lowest BCUT2D eigenvalue weighted by Gasteiger charge is -2.26. The SMILES string of the molecule is c1ccc(-c2cc(N(c3ccccc3)c3ccc(-c4cccc5c4oc4ccccc45)cc3)cc3oc4c5ccccc5c5ccccc5c4c23)cc1. The van der Waals surface area contributed by atoms with Crippen LogP contribution in [0.2, 0.25) is 0 Å². The highest BCUT2D eigenvalue weighted by Crippen LogP contribution is 2.48. The lowest BCUT2D eigenvalue weighted by Crippen LogP contribution is -2.10. The molecule has 0 aliphatic rings. The van der Waals surface area contributed by atoms with Crippen LogP contribution in [0.15, 0.2) is 197 Å². The number of para-hydroxylation sites is 3. The summed E-state index contributed by atoms with van der Waals surface area (Å²) in [7, 11) is 0. The minimum atomic E-state index is 0.854. The van der Waals surface area contributed by atoms with Crippen molar-refractivity contribution in [3.63, 3.8) is 0 Å². The number of anilines is 3. The molecule has 0 N–H and O–H groups in total. The fourth-order valence-corrected chi connectivity index (χ4v) is 8.28. The Labute approximate surface area is 305 Å². The molecule has 0 fully saturated rings. The number of hydrogen-bond acceptors (Lipinski definition) is 3. The van der Waals surface area contributed by atoms with E-state index in [1.165, 1.54) is 16.2 Å². The van der Waals surface area contributed by atoms with E-state index in [-0.39, 0.29) is 0 Å². The molecule has 0 radical (unpaired) electrons. The fourth-order valence-electron chi connectivity index (χ4n) is 8.28. The molecule has 11 rings (SSSR count). The van der Waals surface area contributed by atoms with Crippen molar-refractivity contribution in [2.45, 2.75) is 0 Å². The second-order valence-corrected chi connectivity index (χ2v) is 13.6. The second-order valence-electron chi connectivity index (χ2n) is 13.6. The highest BCUT2D eigenvalue weighted by Gasteiger charge is 2.23. The molecule has 0 amide bonds. The second kappa shape index (κ2) is 11.7. The van der Waals surface area contributed by atoms with E-state index in [1.54, 1.807) is 0 Å². The third-order valence-electron chi connectivity index (χ3n) is 10.6. The van der Waals surface area contributed by atoms with Gasteiger partial charge in [-0.25, -0.2) is 0 Å². The first-order valence-corrected chi connectivity index (χ1v) is 18.0. The summed E-state index contributed by atoms with van der Waals surface area (Å²) in [6, 6.07) is 66.5. The summed E-state index contributed by atoms with van der Waals surface area (Å²) in [5.41, 5.74) is 11.1. The topological polar surface area (TPSA) is 29.5 Å². The molecule has 248 valence electrons. The third kappa shape index (κ3) is 4.61. The smallest absolute Gasteiger partial charge is 0.143 e. The largest absolute Gasteiger partial charge is 0.455 e. The molecule has 0 bridgehead atoms. The normalized spacial score (nSPS) is 11.8. The Morgan fingerprint density at radius 1 is 0.302 bits per heavy atom. The zero-order valence-electron chi connectivity index (χ0n) is 28.7. The maximum atomic E-state index is 7.00. The van der Waals surface area contributed by atoms with Gasteiger partial charge in [0.15, 0.2) is 0 Å². The summed E-state index contributed by atoms with van der Waals surface area (Å²) < 4.78 is 13.4. The molecule has 0 saturated heterocycles. The maximum absolute atomic E-state index is 7.00. The van der Waals surface area contributed by atoms with Gasteiger partial charge in [-0.15, -0.1) is 0 Å². The number of hydrogen-bond donors (Lipinski definition) is 0. The zero-order valence-corrected chi connectivity index (χ0v) is 28.7. The summed E-state index contributed by atoms with van der Waals surface area (Å²) in [5.74, 6) is 0. The maximum Gasteiger partial charge on any atom is 0.143 e. The van der Waals surface area contributed by atoms with Gasteiger partial charge in [-0.1, -0.05) is 146 Å². The standard InChI is InChI=1S/C50H31NO2/c1-3-14-32(15-4-1)44-30-36(31-46-47(44)48-41-21-9-7-18-38(41)39-19-8-10-22-42(39)50(48)53-46)51(34-16-5-2-6-17-34)35-28-26-33(27-29-35)37-23-13-24-43-40-20-11-12-25-45(40)52-49(37)43/h1-31H. The molecule has 3 nitrogen and oxygen atoms in total. The lowest BCUT2D eigenvalue weighted by molar-refractivity contribution is 0.670. The minimum Gasteiger partial charge on any atom is -0.455 e. The molecule has 11 aromatic rings. The van der Waals surface area contributed by atoms with E-state index in [4.69, 9.17) is 8.83 Å². The molecule has 0 aliphatic carbocycles. The molecule has 0 atom stereocenters. The Balaban J connectivity index is 1.15. The molecule has 0 saturated carbocycles. The average Bonchev–Trinajstić information content (AvgIpc) is 3.81. The predicted molar refractivity (Wildman–Crippen MR) is 222 cm³/mol. The van der Waals surface area contributed by atoms with Crippen LogP contribution in [-0.2, 0) is 0 Å². The van der Waals surface area contributed by atoms with Crippen LogP contribution in [0.4, 0.5) is 17.1 Å².